The van der Waals surface area contributed by atoms with Gasteiger partial charge < -0.3 is 9.47 Å². The lowest BCUT2D eigenvalue weighted by Gasteiger charge is -2.12. The van der Waals surface area contributed by atoms with Gasteiger partial charge in [0.1, 0.15) is 0 Å². The van der Waals surface area contributed by atoms with Crippen LogP contribution >= 0.6 is 0 Å². The molecule has 0 fully saturated rings. The second-order valence-corrected chi connectivity index (χ2v) is 5.13. The molecule has 1 rings (SSSR count). The van der Waals surface area contributed by atoms with Crippen molar-refractivity contribution < 1.29 is 19.1 Å². The molecular weight excluding hydrogens is 292 g/mol. The fraction of sp³-hybridized carbons (Fsp3) is 0.368. The van der Waals surface area contributed by atoms with E-state index in [9.17, 15) is 9.59 Å². The Bertz CT molecular complexity index is 587. The number of hydrogen-bond acceptors (Lipinski definition) is 4. The average molecular weight is 316 g/mol. The van der Waals surface area contributed by atoms with Gasteiger partial charge in [0, 0.05) is 12.2 Å². The quantitative estimate of drug-likeness (QED) is 0.592. The van der Waals surface area contributed by atoms with Gasteiger partial charge in [0.2, 0.25) is 0 Å². The molecule has 0 bridgehead atoms. The highest BCUT2D eigenvalue weighted by Crippen LogP contribution is 2.24. The van der Waals surface area contributed by atoms with Gasteiger partial charge in [0.25, 0.3) is 0 Å². The number of aryl methyl sites for hydroxylation is 2. The molecule has 0 radical (unpaired) electrons. The zero-order valence-corrected chi connectivity index (χ0v) is 14.4. The van der Waals surface area contributed by atoms with Crippen LogP contribution in [0.2, 0.25) is 0 Å². The molecule has 0 spiro atoms. The van der Waals surface area contributed by atoms with E-state index in [0.717, 1.165) is 27.8 Å². The lowest BCUT2D eigenvalue weighted by Crippen LogP contribution is -2.01. The van der Waals surface area contributed by atoms with Crippen molar-refractivity contribution in [3.05, 3.63) is 46.0 Å². The second kappa shape index (κ2) is 8.93. The van der Waals surface area contributed by atoms with E-state index >= 15 is 0 Å². The maximum atomic E-state index is 11.5. The monoisotopic (exact) mass is 316 g/mol. The highest BCUT2D eigenvalue weighted by Gasteiger charge is 2.08. The molecule has 4 nitrogen and oxygen atoms in total. The summed E-state index contributed by atoms with van der Waals surface area (Å²) >= 11 is 0. The van der Waals surface area contributed by atoms with Crippen molar-refractivity contribution in [2.24, 2.45) is 0 Å². The Morgan fingerprint density at radius 3 is 1.61 bits per heavy atom. The molecule has 1 aromatic rings. The van der Waals surface area contributed by atoms with E-state index in [2.05, 4.69) is 0 Å². The van der Waals surface area contributed by atoms with Crippen LogP contribution in [0.15, 0.2) is 18.2 Å². The first-order valence-electron chi connectivity index (χ1n) is 7.71. The van der Waals surface area contributed by atoms with E-state index in [1.807, 2.05) is 26.8 Å². The van der Waals surface area contributed by atoms with E-state index in [1.54, 1.807) is 26.0 Å². The highest BCUT2D eigenvalue weighted by molar-refractivity contribution is 5.89. The van der Waals surface area contributed by atoms with E-state index in [1.165, 1.54) is 12.2 Å². The van der Waals surface area contributed by atoms with Gasteiger partial charge in [-0.1, -0.05) is 6.07 Å². The van der Waals surface area contributed by atoms with E-state index in [-0.39, 0.29) is 11.9 Å². The molecule has 0 atom stereocenters. The van der Waals surface area contributed by atoms with Crippen LogP contribution in [0.5, 0.6) is 0 Å². The first kappa shape index (κ1) is 18.7. The van der Waals surface area contributed by atoms with Gasteiger partial charge in [0.05, 0.1) is 13.2 Å². The largest absolute Gasteiger partial charge is 0.463 e. The van der Waals surface area contributed by atoms with E-state index in [0.29, 0.717) is 13.2 Å². The van der Waals surface area contributed by atoms with Crippen molar-refractivity contribution in [2.45, 2.75) is 34.6 Å². The van der Waals surface area contributed by atoms with Gasteiger partial charge in [-0.05, 0) is 74.6 Å². The molecule has 4 heteroatoms. The summed E-state index contributed by atoms with van der Waals surface area (Å²) in [6.07, 6.45) is 6.35. The Balaban J connectivity index is 3.17. The third-order valence-electron chi connectivity index (χ3n) is 3.44. The van der Waals surface area contributed by atoms with Crippen molar-refractivity contribution in [3.8, 4) is 0 Å². The summed E-state index contributed by atoms with van der Waals surface area (Å²) < 4.78 is 9.80. The molecule has 23 heavy (non-hydrogen) atoms. The van der Waals surface area contributed by atoms with E-state index < -0.39 is 0 Å². The van der Waals surface area contributed by atoms with Gasteiger partial charge in [-0.3, -0.25) is 0 Å². The molecule has 0 amide bonds. The van der Waals surface area contributed by atoms with Crippen molar-refractivity contribution in [2.75, 3.05) is 13.2 Å². The topological polar surface area (TPSA) is 52.6 Å². The van der Waals surface area contributed by atoms with Crippen molar-refractivity contribution in [1.82, 2.24) is 0 Å². The number of benzene rings is 1. The molecule has 124 valence electrons. The molecule has 0 aliphatic heterocycles. The summed E-state index contributed by atoms with van der Waals surface area (Å²) in [7, 11) is 0. The van der Waals surface area contributed by atoms with Gasteiger partial charge >= 0.3 is 11.9 Å². The summed E-state index contributed by atoms with van der Waals surface area (Å²) in [5.41, 5.74) is 5.03. The third kappa shape index (κ3) is 5.40. The summed E-state index contributed by atoms with van der Waals surface area (Å²) in [4.78, 5) is 23.0. The van der Waals surface area contributed by atoms with Crippen molar-refractivity contribution >= 4 is 24.1 Å². The molecule has 0 heterocycles. The van der Waals surface area contributed by atoms with Crippen molar-refractivity contribution in [3.63, 3.8) is 0 Å². The van der Waals surface area contributed by atoms with Gasteiger partial charge in [-0.2, -0.15) is 0 Å². The van der Waals surface area contributed by atoms with Crippen LogP contribution in [0.4, 0.5) is 0 Å². The Morgan fingerprint density at radius 1 is 0.870 bits per heavy atom. The average Bonchev–Trinajstić information content (AvgIpc) is 2.47. The smallest absolute Gasteiger partial charge is 0.330 e. The summed E-state index contributed by atoms with van der Waals surface area (Å²) in [5.74, 6) is -0.731. The van der Waals surface area contributed by atoms with Crippen LogP contribution in [0.1, 0.15) is 41.7 Å². The molecule has 0 aliphatic rings. The van der Waals surface area contributed by atoms with Gasteiger partial charge in [0.15, 0.2) is 0 Å². The van der Waals surface area contributed by atoms with Crippen LogP contribution in [0.25, 0.3) is 12.2 Å². The Kier molecular flexibility index (Phi) is 7.26. The zero-order valence-electron chi connectivity index (χ0n) is 14.4. The maximum absolute atomic E-state index is 11.5. The summed E-state index contributed by atoms with van der Waals surface area (Å²) in [6.45, 7) is 10.2. The highest BCUT2D eigenvalue weighted by atomic mass is 16.5. The number of hydrogen-bond donors (Lipinski definition) is 0. The molecule has 0 aromatic heterocycles. The first-order chi connectivity index (χ1) is 10.9. The van der Waals surface area contributed by atoms with Crippen LogP contribution in [-0.4, -0.2) is 25.2 Å². The first-order valence-corrected chi connectivity index (χ1v) is 7.71. The predicted molar refractivity (Wildman–Crippen MR) is 92.0 cm³/mol. The molecule has 0 saturated carbocycles. The fourth-order valence-electron chi connectivity index (χ4n) is 2.41. The minimum absolute atomic E-state index is 0.350. The number of esters is 2. The molecule has 1 aromatic carbocycles. The molecule has 0 unspecified atom stereocenters. The number of carbonyl (C=O) groups is 2. The van der Waals surface area contributed by atoms with Crippen LogP contribution in [0.3, 0.4) is 0 Å². The zero-order chi connectivity index (χ0) is 17.4. The lowest BCUT2D eigenvalue weighted by molar-refractivity contribution is -0.138. The van der Waals surface area contributed by atoms with Crippen LogP contribution in [0, 0.1) is 20.8 Å². The van der Waals surface area contributed by atoms with Crippen molar-refractivity contribution in [1.29, 1.82) is 0 Å². The summed E-state index contributed by atoms with van der Waals surface area (Å²) in [5, 5.41) is 0. The number of carbonyl (C=O) groups excluding carboxylic acids is 2. The van der Waals surface area contributed by atoms with Gasteiger partial charge in [-0.25, -0.2) is 9.59 Å². The second-order valence-electron chi connectivity index (χ2n) is 5.13. The van der Waals surface area contributed by atoms with Crippen LogP contribution in [-0.2, 0) is 19.1 Å². The maximum Gasteiger partial charge on any atom is 0.330 e. The standard InChI is InChI=1S/C19H24O4/c1-6-22-18(20)10-8-16-13(3)12-14(4)17(15(16)5)9-11-19(21)23-7-2/h8-12H,6-7H2,1-5H3/b10-8-,11-9-. The Labute approximate surface area is 137 Å². The Morgan fingerprint density at radius 2 is 1.26 bits per heavy atom. The summed E-state index contributed by atoms with van der Waals surface area (Å²) in [6, 6.07) is 2.03. The SMILES string of the molecule is CCOC(=O)/C=C\c1c(C)cc(C)c(/C=C\C(=O)OCC)c1C. The third-order valence-corrected chi connectivity index (χ3v) is 3.44. The fourth-order valence-corrected chi connectivity index (χ4v) is 2.41. The van der Waals surface area contributed by atoms with Gasteiger partial charge in [-0.15, -0.1) is 0 Å². The number of ether oxygens (including phenoxy) is 2. The molecular formula is C19H24O4. The predicted octanol–water partition coefficient (Wildman–Crippen LogP) is 3.76. The molecule has 0 saturated heterocycles. The minimum atomic E-state index is -0.365. The number of rotatable bonds is 6. The minimum Gasteiger partial charge on any atom is -0.463 e. The normalized spacial score (nSPS) is 11.2. The van der Waals surface area contributed by atoms with Crippen LogP contribution < -0.4 is 0 Å². The lowest BCUT2D eigenvalue weighted by atomic mass is 9.93. The molecule has 0 N–H and O–H groups in total. The molecule has 0 aliphatic carbocycles. The van der Waals surface area contributed by atoms with E-state index in [4.69, 9.17) is 9.47 Å². The Hall–Kier alpha value is -2.36.